The molecule has 0 saturated heterocycles. The van der Waals surface area contributed by atoms with Crippen LogP contribution in [-0.4, -0.2) is 7.11 Å². The summed E-state index contributed by atoms with van der Waals surface area (Å²) in [5, 5.41) is 0.360. The predicted octanol–water partition coefficient (Wildman–Crippen LogP) is 4.46. The lowest BCUT2D eigenvalue weighted by Crippen LogP contribution is -1.92. The molecule has 0 N–H and O–H groups in total. The first kappa shape index (κ1) is 11.9. The number of benzene rings is 2. The first-order valence-electron chi connectivity index (χ1n) is 5.22. The fourth-order valence-corrected chi connectivity index (χ4v) is 1.92. The van der Waals surface area contributed by atoms with Crippen LogP contribution in [0.2, 0.25) is 5.02 Å². The van der Waals surface area contributed by atoms with Crippen LogP contribution in [0.5, 0.6) is 5.75 Å². The first-order chi connectivity index (χ1) is 8.11. The lowest BCUT2D eigenvalue weighted by molar-refractivity contribution is 0.388. The molecule has 0 aliphatic heterocycles. The summed E-state index contributed by atoms with van der Waals surface area (Å²) >= 11 is 5.86. The molecule has 0 aliphatic carbocycles. The Balaban J connectivity index is 2.61. The Hall–Kier alpha value is -1.54. The second kappa shape index (κ2) is 4.76. The number of rotatable bonds is 2. The zero-order valence-corrected chi connectivity index (χ0v) is 10.4. The highest BCUT2D eigenvalue weighted by Crippen LogP contribution is 2.35. The van der Waals surface area contributed by atoms with Crippen LogP contribution < -0.4 is 4.74 Å². The molecule has 88 valence electrons. The van der Waals surface area contributed by atoms with Crippen LogP contribution >= 0.6 is 11.6 Å². The van der Waals surface area contributed by atoms with Crippen molar-refractivity contribution in [2.45, 2.75) is 6.92 Å². The molecule has 0 amide bonds. The van der Waals surface area contributed by atoms with Crippen LogP contribution in [0.15, 0.2) is 36.4 Å². The third kappa shape index (κ3) is 2.42. The molecule has 2 aromatic rings. The summed E-state index contributed by atoms with van der Waals surface area (Å²) in [5.41, 5.74) is 2.70. The van der Waals surface area contributed by atoms with Gasteiger partial charge in [0.1, 0.15) is 0 Å². The van der Waals surface area contributed by atoms with E-state index in [0.717, 1.165) is 11.1 Å². The lowest BCUT2D eigenvalue weighted by Gasteiger charge is -2.10. The van der Waals surface area contributed by atoms with Gasteiger partial charge in [0, 0.05) is 10.6 Å². The number of hydrogen-bond acceptors (Lipinski definition) is 1. The monoisotopic (exact) mass is 250 g/mol. The third-order valence-electron chi connectivity index (χ3n) is 2.58. The summed E-state index contributed by atoms with van der Waals surface area (Å²) in [4.78, 5) is 0. The van der Waals surface area contributed by atoms with Gasteiger partial charge in [-0.05, 0) is 24.6 Å². The molecule has 0 atom stereocenters. The molecular formula is C14H12ClFO. The Labute approximate surface area is 105 Å². The van der Waals surface area contributed by atoms with E-state index in [1.165, 1.54) is 13.2 Å². The number of halogens is 2. The predicted molar refractivity (Wildman–Crippen MR) is 68.1 cm³/mol. The molecule has 3 heteroatoms. The molecule has 0 aliphatic rings. The van der Waals surface area contributed by atoms with Gasteiger partial charge in [0.2, 0.25) is 0 Å². The molecular weight excluding hydrogens is 239 g/mol. The van der Waals surface area contributed by atoms with E-state index in [1.807, 2.05) is 31.2 Å². The molecule has 1 nitrogen and oxygen atoms in total. The van der Waals surface area contributed by atoms with Crippen LogP contribution in [0.25, 0.3) is 11.1 Å². The Bertz CT molecular complexity index is 535. The van der Waals surface area contributed by atoms with Crippen molar-refractivity contribution in [1.29, 1.82) is 0 Å². The minimum Gasteiger partial charge on any atom is -0.493 e. The first-order valence-corrected chi connectivity index (χ1v) is 5.59. The van der Waals surface area contributed by atoms with Crippen molar-refractivity contribution >= 4 is 11.6 Å². The van der Waals surface area contributed by atoms with Gasteiger partial charge in [-0.2, -0.15) is 0 Å². The van der Waals surface area contributed by atoms with Crippen molar-refractivity contribution in [2.75, 3.05) is 7.11 Å². The summed E-state index contributed by atoms with van der Waals surface area (Å²) < 4.78 is 18.7. The second-order valence-electron chi connectivity index (χ2n) is 3.83. The summed E-state index contributed by atoms with van der Waals surface area (Å²) in [5.74, 6) is -0.228. The van der Waals surface area contributed by atoms with Crippen LogP contribution in [0.4, 0.5) is 4.39 Å². The largest absolute Gasteiger partial charge is 0.493 e. The van der Waals surface area contributed by atoms with E-state index in [2.05, 4.69) is 0 Å². The summed E-state index contributed by atoms with van der Waals surface area (Å²) in [7, 11) is 1.45. The number of hydrogen-bond donors (Lipinski definition) is 0. The van der Waals surface area contributed by atoms with E-state index in [1.54, 1.807) is 6.07 Å². The van der Waals surface area contributed by atoms with E-state index >= 15 is 0 Å². The number of ether oxygens (including phenoxy) is 1. The summed E-state index contributed by atoms with van der Waals surface area (Å²) in [6, 6.07) is 10.7. The van der Waals surface area contributed by atoms with Gasteiger partial charge in [-0.3, -0.25) is 0 Å². The average Bonchev–Trinajstić information content (AvgIpc) is 2.29. The van der Waals surface area contributed by atoms with Gasteiger partial charge >= 0.3 is 0 Å². The highest BCUT2D eigenvalue weighted by atomic mass is 35.5. The van der Waals surface area contributed by atoms with Crippen LogP contribution in [0, 0.1) is 12.7 Å². The highest BCUT2D eigenvalue weighted by Gasteiger charge is 2.12. The second-order valence-corrected chi connectivity index (χ2v) is 4.27. The maximum atomic E-state index is 13.7. The Morgan fingerprint density at radius 1 is 1.12 bits per heavy atom. The topological polar surface area (TPSA) is 9.23 Å². The number of methoxy groups -OCH3 is 1. The highest BCUT2D eigenvalue weighted by molar-refractivity contribution is 6.31. The van der Waals surface area contributed by atoms with E-state index in [-0.39, 0.29) is 5.75 Å². The van der Waals surface area contributed by atoms with Gasteiger partial charge in [-0.1, -0.05) is 41.4 Å². The van der Waals surface area contributed by atoms with Crippen molar-refractivity contribution in [1.82, 2.24) is 0 Å². The smallest absolute Gasteiger partial charge is 0.167 e. The molecule has 0 aromatic heterocycles. The fourth-order valence-electron chi connectivity index (χ4n) is 1.72. The van der Waals surface area contributed by atoms with Gasteiger partial charge in [-0.25, -0.2) is 4.39 Å². The van der Waals surface area contributed by atoms with E-state index in [0.29, 0.717) is 10.6 Å². The van der Waals surface area contributed by atoms with Crippen molar-refractivity contribution in [3.8, 4) is 16.9 Å². The van der Waals surface area contributed by atoms with E-state index in [4.69, 9.17) is 16.3 Å². The van der Waals surface area contributed by atoms with Gasteiger partial charge < -0.3 is 4.74 Å². The SMILES string of the molecule is COc1c(F)cc(Cl)cc1-c1ccc(C)cc1. The van der Waals surface area contributed by atoms with Crippen LogP contribution in [0.3, 0.4) is 0 Å². The quantitative estimate of drug-likeness (QED) is 0.765. The Morgan fingerprint density at radius 2 is 1.76 bits per heavy atom. The molecule has 0 fully saturated rings. The standard InChI is InChI=1S/C14H12ClFO/c1-9-3-5-10(6-4-9)12-7-11(15)8-13(16)14(12)17-2/h3-8H,1-2H3. The molecule has 0 bridgehead atoms. The maximum absolute atomic E-state index is 13.7. The summed E-state index contributed by atoms with van der Waals surface area (Å²) in [6.45, 7) is 2.00. The van der Waals surface area contributed by atoms with Gasteiger partial charge in [-0.15, -0.1) is 0 Å². The summed E-state index contributed by atoms with van der Waals surface area (Å²) in [6.07, 6.45) is 0. The molecule has 0 saturated carbocycles. The van der Waals surface area contributed by atoms with Crippen molar-refractivity contribution in [2.24, 2.45) is 0 Å². The maximum Gasteiger partial charge on any atom is 0.167 e. The van der Waals surface area contributed by atoms with E-state index in [9.17, 15) is 4.39 Å². The Morgan fingerprint density at radius 3 is 2.35 bits per heavy atom. The van der Waals surface area contributed by atoms with Crippen molar-refractivity contribution < 1.29 is 9.13 Å². The molecule has 2 aromatic carbocycles. The Kier molecular flexibility index (Phi) is 3.34. The van der Waals surface area contributed by atoms with Gasteiger partial charge in [0.05, 0.1) is 7.11 Å². The third-order valence-corrected chi connectivity index (χ3v) is 2.79. The number of aryl methyl sites for hydroxylation is 1. The minimum absolute atomic E-state index is 0.221. The molecule has 17 heavy (non-hydrogen) atoms. The molecule has 0 unspecified atom stereocenters. The van der Waals surface area contributed by atoms with Crippen LogP contribution in [-0.2, 0) is 0 Å². The molecule has 0 radical (unpaired) electrons. The fraction of sp³-hybridized carbons (Fsp3) is 0.143. The van der Waals surface area contributed by atoms with Crippen molar-refractivity contribution in [3.05, 3.63) is 52.8 Å². The average molecular weight is 251 g/mol. The normalized spacial score (nSPS) is 10.4. The van der Waals surface area contributed by atoms with Crippen LogP contribution in [0.1, 0.15) is 5.56 Å². The molecule has 2 rings (SSSR count). The molecule has 0 spiro atoms. The van der Waals surface area contributed by atoms with E-state index < -0.39 is 5.82 Å². The minimum atomic E-state index is -0.449. The zero-order valence-electron chi connectivity index (χ0n) is 9.63. The van der Waals surface area contributed by atoms with Gasteiger partial charge in [0.25, 0.3) is 0 Å². The van der Waals surface area contributed by atoms with Crippen molar-refractivity contribution in [3.63, 3.8) is 0 Å². The van der Waals surface area contributed by atoms with Gasteiger partial charge in [0.15, 0.2) is 11.6 Å². The molecule has 0 heterocycles. The zero-order chi connectivity index (χ0) is 12.4. The lowest BCUT2D eigenvalue weighted by atomic mass is 10.0.